The number of unbranched alkanes of at least 4 members (excludes halogenated alkanes) is 5. The highest BCUT2D eigenvalue weighted by Gasteiger charge is 2.12. The van der Waals surface area contributed by atoms with Crippen LogP contribution in [0.2, 0.25) is 0 Å². The molecule has 96 valence electrons. The minimum absolute atomic E-state index is 0.297. The summed E-state index contributed by atoms with van der Waals surface area (Å²) in [7, 11) is 0. The number of Topliss-reactive ketones (excluding diaryl/α,β-unsaturated/α-hetero) is 1. The topological polar surface area (TPSA) is 17.1 Å². The average Bonchev–Trinajstić information content (AvgIpc) is 2.62. The standard InChI is InChI=1S/C14H21BrOS/c1-3-4-5-6-7-8-9-13(16)14-12(15)10-11(2)17-14/h10H,3-9H2,1-2H3. The maximum absolute atomic E-state index is 11.9. The Hall–Kier alpha value is -0.150. The van der Waals surface area contributed by atoms with Crippen LogP contribution in [0.15, 0.2) is 10.5 Å². The Balaban J connectivity index is 2.23. The van der Waals surface area contributed by atoms with Crippen LogP contribution in [0.5, 0.6) is 0 Å². The van der Waals surface area contributed by atoms with E-state index in [9.17, 15) is 4.79 Å². The lowest BCUT2D eigenvalue weighted by atomic mass is 10.1. The van der Waals surface area contributed by atoms with Gasteiger partial charge in [-0.3, -0.25) is 4.79 Å². The first-order valence-electron chi connectivity index (χ1n) is 6.44. The third kappa shape index (κ3) is 5.35. The third-order valence-electron chi connectivity index (χ3n) is 2.82. The van der Waals surface area contributed by atoms with Gasteiger partial charge in [-0.2, -0.15) is 0 Å². The van der Waals surface area contributed by atoms with E-state index in [1.807, 2.05) is 13.0 Å². The highest BCUT2D eigenvalue weighted by Crippen LogP contribution is 2.28. The third-order valence-corrected chi connectivity index (χ3v) is 4.80. The predicted octanol–water partition coefficient (Wildman–Crippen LogP) is 5.75. The van der Waals surface area contributed by atoms with E-state index in [0.717, 1.165) is 15.8 Å². The molecule has 0 saturated carbocycles. The fourth-order valence-corrected chi connectivity index (χ4v) is 3.68. The first-order chi connectivity index (χ1) is 8.15. The van der Waals surface area contributed by atoms with E-state index in [2.05, 4.69) is 22.9 Å². The van der Waals surface area contributed by atoms with Crippen LogP contribution in [0.4, 0.5) is 0 Å². The lowest BCUT2D eigenvalue weighted by Gasteiger charge is -2.00. The van der Waals surface area contributed by atoms with Crippen LogP contribution in [-0.4, -0.2) is 5.78 Å². The second-order valence-electron chi connectivity index (χ2n) is 4.48. The summed E-state index contributed by atoms with van der Waals surface area (Å²) in [5.74, 6) is 0.297. The normalized spacial score (nSPS) is 10.8. The van der Waals surface area contributed by atoms with Gasteiger partial charge in [0, 0.05) is 15.8 Å². The van der Waals surface area contributed by atoms with Gasteiger partial charge in [-0.1, -0.05) is 39.0 Å². The molecule has 0 atom stereocenters. The zero-order valence-corrected chi connectivity index (χ0v) is 13.1. The van der Waals surface area contributed by atoms with Crippen molar-refractivity contribution >= 4 is 33.0 Å². The Morgan fingerprint density at radius 3 is 2.47 bits per heavy atom. The Bertz CT molecular complexity index is 357. The lowest BCUT2D eigenvalue weighted by molar-refractivity contribution is 0.0982. The first-order valence-corrected chi connectivity index (χ1v) is 8.05. The fourth-order valence-electron chi connectivity index (χ4n) is 1.85. The number of hydrogen-bond acceptors (Lipinski definition) is 2. The summed E-state index contributed by atoms with van der Waals surface area (Å²) in [6.45, 7) is 4.26. The van der Waals surface area contributed by atoms with E-state index < -0.39 is 0 Å². The van der Waals surface area contributed by atoms with E-state index in [-0.39, 0.29) is 0 Å². The molecule has 0 fully saturated rings. The van der Waals surface area contributed by atoms with Crippen LogP contribution >= 0.6 is 27.3 Å². The van der Waals surface area contributed by atoms with Crippen molar-refractivity contribution in [2.24, 2.45) is 0 Å². The van der Waals surface area contributed by atoms with Crippen molar-refractivity contribution < 1.29 is 4.79 Å². The van der Waals surface area contributed by atoms with Gasteiger partial charge >= 0.3 is 0 Å². The molecule has 1 nitrogen and oxygen atoms in total. The molecule has 0 radical (unpaired) electrons. The van der Waals surface area contributed by atoms with Gasteiger partial charge in [0.15, 0.2) is 5.78 Å². The predicted molar refractivity (Wildman–Crippen MR) is 79.1 cm³/mol. The Kier molecular flexibility index (Phi) is 7.05. The average molecular weight is 317 g/mol. The molecular formula is C14H21BrOS. The van der Waals surface area contributed by atoms with Crippen LogP contribution in [0.25, 0.3) is 0 Å². The van der Waals surface area contributed by atoms with Crippen LogP contribution in [-0.2, 0) is 0 Å². The lowest BCUT2D eigenvalue weighted by Crippen LogP contribution is -1.96. The summed E-state index contributed by atoms with van der Waals surface area (Å²) < 4.78 is 0.969. The zero-order chi connectivity index (χ0) is 12.7. The molecule has 1 heterocycles. The zero-order valence-electron chi connectivity index (χ0n) is 10.7. The SMILES string of the molecule is CCCCCCCCC(=O)c1sc(C)cc1Br. The van der Waals surface area contributed by atoms with Crippen molar-refractivity contribution in [2.45, 2.75) is 58.8 Å². The molecule has 0 aliphatic carbocycles. The molecule has 17 heavy (non-hydrogen) atoms. The van der Waals surface area contributed by atoms with E-state index in [0.29, 0.717) is 12.2 Å². The molecule has 1 aromatic heterocycles. The maximum atomic E-state index is 11.9. The summed E-state index contributed by atoms with van der Waals surface area (Å²) in [4.78, 5) is 14.0. The van der Waals surface area contributed by atoms with Gasteiger partial charge in [-0.25, -0.2) is 0 Å². The quantitative estimate of drug-likeness (QED) is 0.440. The second kappa shape index (κ2) is 8.04. The summed E-state index contributed by atoms with van der Waals surface area (Å²) in [6, 6.07) is 2.03. The molecule has 0 unspecified atom stereocenters. The first kappa shape index (κ1) is 14.9. The van der Waals surface area contributed by atoms with Gasteiger partial charge in [0.1, 0.15) is 0 Å². The number of hydrogen-bond donors (Lipinski definition) is 0. The van der Waals surface area contributed by atoms with Gasteiger partial charge < -0.3 is 0 Å². The number of carbonyl (C=O) groups excluding carboxylic acids is 1. The summed E-state index contributed by atoms with van der Waals surface area (Å²) in [6.07, 6.45) is 8.10. The van der Waals surface area contributed by atoms with Gasteiger partial charge in [0.25, 0.3) is 0 Å². The van der Waals surface area contributed by atoms with Crippen LogP contribution in [0.3, 0.4) is 0 Å². The summed E-state index contributed by atoms with van der Waals surface area (Å²) in [5, 5.41) is 0. The number of thiophene rings is 1. The Morgan fingerprint density at radius 2 is 1.88 bits per heavy atom. The van der Waals surface area contributed by atoms with E-state index >= 15 is 0 Å². The van der Waals surface area contributed by atoms with Crippen molar-refractivity contribution in [1.29, 1.82) is 0 Å². The number of halogens is 1. The molecule has 1 rings (SSSR count). The molecule has 0 aliphatic heterocycles. The summed E-state index contributed by atoms with van der Waals surface area (Å²) in [5.41, 5.74) is 0. The van der Waals surface area contributed by atoms with Crippen LogP contribution < -0.4 is 0 Å². The van der Waals surface area contributed by atoms with Crippen molar-refractivity contribution in [3.05, 3.63) is 20.3 Å². The van der Waals surface area contributed by atoms with Crippen molar-refractivity contribution in [2.75, 3.05) is 0 Å². The van der Waals surface area contributed by atoms with Gasteiger partial charge in [0.2, 0.25) is 0 Å². The number of rotatable bonds is 8. The Labute approximate surface area is 117 Å². The molecule has 0 aliphatic rings. The molecule has 0 bridgehead atoms. The molecule has 3 heteroatoms. The molecular weight excluding hydrogens is 296 g/mol. The highest BCUT2D eigenvalue weighted by molar-refractivity contribution is 9.10. The molecule has 0 spiro atoms. The Morgan fingerprint density at radius 1 is 1.24 bits per heavy atom. The monoisotopic (exact) mass is 316 g/mol. The van der Waals surface area contributed by atoms with Crippen LogP contribution in [0.1, 0.15) is 66.4 Å². The number of carbonyl (C=O) groups is 1. The van der Waals surface area contributed by atoms with Crippen LogP contribution in [0, 0.1) is 6.92 Å². The largest absolute Gasteiger partial charge is 0.293 e. The number of aryl methyl sites for hydroxylation is 1. The van der Waals surface area contributed by atoms with Crippen molar-refractivity contribution in [3.8, 4) is 0 Å². The van der Waals surface area contributed by atoms with E-state index in [4.69, 9.17) is 0 Å². The van der Waals surface area contributed by atoms with Gasteiger partial charge in [0.05, 0.1) is 4.88 Å². The van der Waals surface area contributed by atoms with Crippen molar-refractivity contribution in [1.82, 2.24) is 0 Å². The van der Waals surface area contributed by atoms with Crippen molar-refractivity contribution in [3.63, 3.8) is 0 Å². The molecule has 0 amide bonds. The highest BCUT2D eigenvalue weighted by atomic mass is 79.9. The molecule has 0 aromatic carbocycles. The minimum atomic E-state index is 0.297. The maximum Gasteiger partial charge on any atom is 0.173 e. The number of ketones is 1. The second-order valence-corrected chi connectivity index (χ2v) is 6.59. The van der Waals surface area contributed by atoms with E-state index in [1.54, 1.807) is 11.3 Å². The molecule has 0 saturated heterocycles. The van der Waals surface area contributed by atoms with Gasteiger partial charge in [-0.15, -0.1) is 11.3 Å². The summed E-state index contributed by atoms with van der Waals surface area (Å²) >= 11 is 5.05. The fraction of sp³-hybridized carbons (Fsp3) is 0.643. The molecule has 0 N–H and O–H groups in total. The van der Waals surface area contributed by atoms with Gasteiger partial charge in [-0.05, 0) is 35.3 Å². The minimum Gasteiger partial charge on any atom is -0.293 e. The van der Waals surface area contributed by atoms with E-state index in [1.165, 1.54) is 37.0 Å². The molecule has 1 aromatic rings. The smallest absolute Gasteiger partial charge is 0.173 e.